The van der Waals surface area contributed by atoms with E-state index >= 15 is 0 Å². The first kappa shape index (κ1) is 16.3. The van der Waals surface area contributed by atoms with Gasteiger partial charge in [0, 0.05) is 6.54 Å². The lowest BCUT2D eigenvalue weighted by atomic mass is 9.77. The lowest BCUT2D eigenvalue weighted by molar-refractivity contribution is -0.155. The fourth-order valence-electron chi connectivity index (χ4n) is 4.27. The van der Waals surface area contributed by atoms with Crippen LogP contribution in [0.15, 0.2) is 42.5 Å². The predicted molar refractivity (Wildman–Crippen MR) is 91.4 cm³/mol. The summed E-state index contributed by atoms with van der Waals surface area (Å²) in [6.07, 6.45) is 3.54. The molecule has 2 saturated heterocycles. The molecule has 1 spiro atoms. The van der Waals surface area contributed by atoms with E-state index in [0.29, 0.717) is 19.0 Å². The second-order valence-corrected chi connectivity index (χ2v) is 7.61. The van der Waals surface area contributed by atoms with Crippen molar-refractivity contribution in [2.24, 2.45) is 17.8 Å². The zero-order chi connectivity index (χ0) is 17.6. The van der Waals surface area contributed by atoms with Gasteiger partial charge in [-0.15, -0.1) is 0 Å². The molecule has 4 rings (SSSR count). The molecule has 0 unspecified atom stereocenters. The summed E-state index contributed by atoms with van der Waals surface area (Å²) < 4.78 is 11.6. The SMILES string of the molecule is CC(C)CN1C[C@]23C=C[C@@H](O2)[C@H](C(=O)OCc2ccccc2)[C@@H]3C1=O. The Morgan fingerprint density at radius 1 is 1.36 bits per heavy atom. The smallest absolute Gasteiger partial charge is 0.313 e. The van der Waals surface area contributed by atoms with E-state index in [0.717, 1.165) is 5.56 Å². The Kier molecular flexibility index (Phi) is 3.91. The van der Waals surface area contributed by atoms with Crippen LogP contribution < -0.4 is 0 Å². The molecule has 2 fully saturated rings. The Balaban J connectivity index is 1.50. The van der Waals surface area contributed by atoms with Crippen LogP contribution in [-0.2, 0) is 25.7 Å². The van der Waals surface area contributed by atoms with Gasteiger partial charge < -0.3 is 14.4 Å². The summed E-state index contributed by atoms with van der Waals surface area (Å²) >= 11 is 0. The average molecular weight is 341 g/mol. The lowest BCUT2D eigenvalue weighted by Crippen LogP contribution is -2.40. The number of nitrogens with zero attached hydrogens (tertiary/aromatic N) is 1. The minimum atomic E-state index is -0.646. The van der Waals surface area contributed by atoms with Gasteiger partial charge in [-0.2, -0.15) is 0 Å². The van der Waals surface area contributed by atoms with Crippen molar-refractivity contribution in [1.82, 2.24) is 4.90 Å². The van der Waals surface area contributed by atoms with Crippen molar-refractivity contribution in [1.29, 1.82) is 0 Å². The summed E-state index contributed by atoms with van der Waals surface area (Å²) in [6.45, 7) is 5.60. The van der Waals surface area contributed by atoms with Crippen LogP contribution in [0, 0.1) is 17.8 Å². The number of carbonyl (C=O) groups is 2. The third-order valence-electron chi connectivity index (χ3n) is 5.26. The molecule has 5 nitrogen and oxygen atoms in total. The number of likely N-dealkylation sites (tertiary alicyclic amines) is 1. The van der Waals surface area contributed by atoms with Crippen LogP contribution in [0.1, 0.15) is 19.4 Å². The molecule has 0 saturated carbocycles. The summed E-state index contributed by atoms with van der Waals surface area (Å²) in [5, 5.41) is 0. The highest BCUT2D eigenvalue weighted by Crippen LogP contribution is 2.52. The van der Waals surface area contributed by atoms with E-state index in [1.165, 1.54) is 0 Å². The zero-order valence-corrected chi connectivity index (χ0v) is 14.6. The van der Waals surface area contributed by atoms with Crippen molar-refractivity contribution in [3.05, 3.63) is 48.0 Å². The molecule has 1 aromatic rings. The first-order valence-electron chi connectivity index (χ1n) is 8.87. The van der Waals surface area contributed by atoms with E-state index in [4.69, 9.17) is 9.47 Å². The maximum absolute atomic E-state index is 12.9. The van der Waals surface area contributed by atoms with Crippen molar-refractivity contribution in [3.8, 4) is 0 Å². The Labute approximate surface area is 147 Å². The van der Waals surface area contributed by atoms with Gasteiger partial charge in [0.2, 0.25) is 5.91 Å². The molecule has 1 amide bonds. The zero-order valence-electron chi connectivity index (χ0n) is 14.6. The summed E-state index contributed by atoms with van der Waals surface area (Å²) in [5.41, 5.74) is 0.289. The maximum atomic E-state index is 12.9. The number of hydrogen-bond donors (Lipinski definition) is 0. The van der Waals surface area contributed by atoms with E-state index in [1.807, 2.05) is 47.4 Å². The Hall–Kier alpha value is -2.14. The molecule has 0 aromatic heterocycles. The average Bonchev–Trinajstić information content (AvgIpc) is 3.22. The van der Waals surface area contributed by atoms with Gasteiger partial charge in [-0.25, -0.2) is 0 Å². The predicted octanol–water partition coefficient (Wildman–Crippen LogP) is 2.17. The third kappa shape index (κ3) is 2.67. The number of fused-ring (bicyclic) bond motifs is 1. The Morgan fingerprint density at radius 2 is 2.12 bits per heavy atom. The van der Waals surface area contributed by atoms with Gasteiger partial charge in [0.15, 0.2) is 0 Å². The molecule has 5 heteroatoms. The van der Waals surface area contributed by atoms with Gasteiger partial charge in [-0.3, -0.25) is 9.59 Å². The van der Waals surface area contributed by atoms with Crippen LogP contribution in [-0.4, -0.2) is 41.6 Å². The Bertz CT molecular complexity index is 714. The summed E-state index contributed by atoms with van der Waals surface area (Å²) in [4.78, 5) is 27.4. The van der Waals surface area contributed by atoms with E-state index in [1.54, 1.807) is 0 Å². The van der Waals surface area contributed by atoms with E-state index in [9.17, 15) is 9.59 Å². The molecular formula is C20H23NO4. The highest BCUT2D eigenvalue weighted by Gasteiger charge is 2.67. The number of esters is 1. The highest BCUT2D eigenvalue weighted by atomic mass is 16.6. The van der Waals surface area contributed by atoms with Crippen molar-refractivity contribution in [2.75, 3.05) is 13.1 Å². The summed E-state index contributed by atoms with van der Waals surface area (Å²) in [6, 6.07) is 9.57. The number of carbonyl (C=O) groups excluding carboxylic acids is 2. The minimum Gasteiger partial charge on any atom is -0.460 e. The maximum Gasteiger partial charge on any atom is 0.313 e. The monoisotopic (exact) mass is 341 g/mol. The largest absolute Gasteiger partial charge is 0.460 e. The van der Waals surface area contributed by atoms with Gasteiger partial charge in [-0.1, -0.05) is 56.3 Å². The van der Waals surface area contributed by atoms with E-state index in [-0.39, 0.29) is 24.6 Å². The number of ether oxygens (including phenoxy) is 2. The fourth-order valence-corrected chi connectivity index (χ4v) is 4.27. The summed E-state index contributed by atoms with van der Waals surface area (Å²) in [7, 11) is 0. The van der Waals surface area contributed by atoms with Crippen molar-refractivity contribution >= 4 is 11.9 Å². The third-order valence-corrected chi connectivity index (χ3v) is 5.26. The fraction of sp³-hybridized carbons (Fsp3) is 0.500. The molecule has 1 aromatic carbocycles. The second-order valence-electron chi connectivity index (χ2n) is 7.61. The van der Waals surface area contributed by atoms with Crippen LogP contribution in [0.2, 0.25) is 0 Å². The van der Waals surface area contributed by atoms with Gasteiger partial charge in [0.05, 0.1) is 18.6 Å². The molecule has 3 heterocycles. The molecule has 2 bridgehead atoms. The van der Waals surface area contributed by atoms with Crippen LogP contribution in [0.4, 0.5) is 0 Å². The highest BCUT2D eigenvalue weighted by molar-refractivity contribution is 5.91. The number of hydrogen-bond acceptors (Lipinski definition) is 4. The normalized spacial score (nSPS) is 32.5. The minimum absolute atomic E-state index is 0.0159. The Morgan fingerprint density at radius 3 is 2.84 bits per heavy atom. The van der Waals surface area contributed by atoms with Gasteiger partial charge in [0.25, 0.3) is 0 Å². The molecular weight excluding hydrogens is 318 g/mol. The standard InChI is InChI=1S/C20H23NO4/c1-13(2)10-21-12-20-9-8-15(25-20)16(17(20)18(21)22)19(23)24-11-14-6-4-3-5-7-14/h3-9,13,15-17H,10-12H2,1-2H3/t15-,16+,17-,20+/m1/s1. The van der Waals surface area contributed by atoms with Crippen LogP contribution in [0.25, 0.3) is 0 Å². The topological polar surface area (TPSA) is 55.8 Å². The quantitative estimate of drug-likeness (QED) is 0.608. The number of amides is 1. The van der Waals surface area contributed by atoms with Crippen molar-refractivity contribution in [2.45, 2.75) is 32.2 Å². The molecule has 132 valence electrons. The first-order chi connectivity index (χ1) is 12.0. The molecule has 3 aliphatic rings. The summed E-state index contributed by atoms with van der Waals surface area (Å²) in [5.74, 6) is -0.946. The molecule has 0 N–H and O–H groups in total. The lowest BCUT2D eigenvalue weighted by Gasteiger charge is -2.23. The van der Waals surface area contributed by atoms with Gasteiger partial charge in [0.1, 0.15) is 18.1 Å². The van der Waals surface area contributed by atoms with Crippen molar-refractivity contribution < 1.29 is 19.1 Å². The van der Waals surface area contributed by atoms with Crippen LogP contribution >= 0.6 is 0 Å². The van der Waals surface area contributed by atoms with E-state index < -0.39 is 17.4 Å². The molecule has 25 heavy (non-hydrogen) atoms. The second kappa shape index (κ2) is 5.99. The molecule has 0 radical (unpaired) electrons. The van der Waals surface area contributed by atoms with Crippen LogP contribution in [0.5, 0.6) is 0 Å². The molecule has 3 aliphatic heterocycles. The van der Waals surface area contributed by atoms with Crippen LogP contribution in [0.3, 0.4) is 0 Å². The van der Waals surface area contributed by atoms with Crippen molar-refractivity contribution in [3.63, 3.8) is 0 Å². The molecule has 0 aliphatic carbocycles. The van der Waals surface area contributed by atoms with Gasteiger partial charge >= 0.3 is 5.97 Å². The van der Waals surface area contributed by atoms with E-state index in [2.05, 4.69) is 13.8 Å². The first-order valence-corrected chi connectivity index (χ1v) is 8.87. The van der Waals surface area contributed by atoms with Gasteiger partial charge in [-0.05, 0) is 11.5 Å². The number of rotatable bonds is 5. The molecule has 4 atom stereocenters. The number of benzene rings is 1.